The van der Waals surface area contributed by atoms with Crippen molar-refractivity contribution in [3.05, 3.63) is 35.9 Å². The zero-order chi connectivity index (χ0) is 17.4. The number of piperidine rings is 1. The van der Waals surface area contributed by atoms with Crippen molar-refractivity contribution in [2.24, 2.45) is 5.92 Å². The van der Waals surface area contributed by atoms with Crippen molar-refractivity contribution in [3.63, 3.8) is 0 Å². The zero-order valence-corrected chi connectivity index (χ0v) is 14.9. The smallest absolute Gasteiger partial charge is 0.317 e. The Morgan fingerprint density at radius 3 is 2.67 bits per heavy atom. The van der Waals surface area contributed by atoms with Gasteiger partial charge in [-0.1, -0.05) is 44.2 Å². The normalized spacial score (nSPS) is 19.3. The summed E-state index contributed by atoms with van der Waals surface area (Å²) in [6.07, 6.45) is 1.98. The summed E-state index contributed by atoms with van der Waals surface area (Å²) in [5, 5.41) is 12.4. The predicted octanol–water partition coefficient (Wildman–Crippen LogP) is 2.48. The Bertz CT molecular complexity index is 491. The number of carbonyl (C=O) groups excluding carboxylic acids is 1. The fourth-order valence-corrected chi connectivity index (χ4v) is 3.49. The zero-order valence-electron chi connectivity index (χ0n) is 14.9. The second kappa shape index (κ2) is 9.64. The summed E-state index contributed by atoms with van der Waals surface area (Å²) in [5.74, 6) is 0.220. The number of carbonyl (C=O) groups is 1. The molecule has 24 heavy (non-hydrogen) atoms. The number of amides is 2. The van der Waals surface area contributed by atoms with E-state index >= 15 is 0 Å². The van der Waals surface area contributed by atoms with E-state index in [4.69, 9.17) is 0 Å². The molecule has 0 aromatic heterocycles. The van der Waals surface area contributed by atoms with Crippen LogP contribution in [0.4, 0.5) is 4.79 Å². The van der Waals surface area contributed by atoms with Crippen molar-refractivity contribution in [2.75, 3.05) is 39.3 Å². The van der Waals surface area contributed by atoms with E-state index in [9.17, 15) is 9.90 Å². The SMILES string of the molecule is CCN(CC)C(CNC(=O)N1CCCC(CO)C1)c1ccccc1. The molecule has 0 saturated carbocycles. The van der Waals surface area contributed by atoms with Gasteiger partial charge in [-0.2, -0.15) is 0 Å². The van der Waals surface area contributed by atoms with Gasteiger partial charge in [-0.15, -0.1) is 0 Å². The molecular formula is C19H31N3O2. The average Bonchev–Trinajstić information content (AvgIpc) is 2.65. The Balaban J connectivity index is 1.98. The summed E-state index contributed by atoms with van der Waals surface area (Å²) in [5.41, 5.74) is 1.23. The second-order valence-electron chi connectivity index (χ2n) is 6.47. The molecule has 5 heteroatoms. The van der Waals surface area contributed by atoms with E-state index in [2.05, 4.69) is 36.2 Å². The van der Waals surface area contributed by atoms with Gasteiger partial charge in [0.2, 0.25) is 0 Å². The molecule has 1 aliphatic heterocycles. The van der Waals surface area contributed by atoms with E-state index in [-0.39, 0.29) is 24.6 Å². The summed E-state index contributed by atoms with van der Waals surface area (Å²) in [7, 11) is 0. The third-order valence-corrected chi connectivity index (χ3v) is 4.95. The van der Waals surface area contributed by atoms with Crippen molar-refractivity contribution < 1.29 is 9.90 Å². The lowest BCUT2D eigenvalue weighted by atomic mass is 9.99. The first kappa shape index (κ1) is 18.7. The van der Waals surface area contributed by atoms with Crippen molar-refractivity contribution in [3.8, 4) is 0 Å². The van der Waals surface area contributed by atoms with Gasteiger partial charge in [0.15, 0.2) is 0 Å². The molecule has 0 aliphatic carbocycles. The number of hydrogen-bond donors (Lipinski definition) is 2. The maximum Gasteiger partial charge on any atom is 0.317 e. The van der Waals surface area contributed by atoms with E-state index in [0.717, 1.165) is 32.5 Å². The Labute approximate surface area is 145 Å². The molecule has 2 unspecified atom stereocenters. The monoisotopic (exact) mass is 333 g/mol. The highest BCUT2D eigenvalue weighted by Crippen LogP contribution is 2.20. The Kier molecular flexibility index (Phi) is 7.53. The molecule has 2 rings (SSSR count). The van der Waals surface area contributed by atoms with Gasteiger partial charge in [0.05, 0.1) is 6.04 Å². The van der Waals surface area contributed by atoms with Crippen LogP contribution in [0.5, 0.6) is 0 Å². The van der Waals surface area contributed by atoms with E-state index < -0.39 is 0 Å². The Morgan fingerprint density at radius 2 is 2.04 bits per heavy atom. The second-order valence-corrected chi connectivity index (χ2v) is 6.47. The molecule has 0 bridgehead atoms. The maximum absolute atomic E-state index is 12.5. The van der Waals surface area contributed by atoms with Crippen molar-refractivity contribution in [1.29, 1.82) is 0 Å². The first-order chi connectivity index (χ1) is 11.7. The third kappa shape index (κ3) is 4.95. The fraction of sp³-hybridized carbons (Fsp3) is 0.632. The number of likely N-dealkylation sites (N-methyl/N-ethyl adjacent to an activating group) is 1. The maximum atomic E-state index is 12.5. The van der Waals surface area contributed by atoms with Crippen LogP contribution in [0.3, 0.4) is 0 Å². The largest absolute Gasteiger partial charge is 0.396 e. The number of aliphatic hydroxyl groups is 1. The molecule has 0 radical (unpaired) electrons. The number of nitrogens with zero attached hydrogens (tertiary/aromatic N) is 2. The highest BCUT2D eigenvalue weighted by molar-refractivity contribution is 5.74. The number of hydrogen-bond acceptors (Lipinski definition) is 3. The summed E-state index contributed by atoms with van der Waals surface area (Å²) >= 11 is 0. The van der Waals surface area contributed by atoms with E-state index in [1.165, 1.54) is 5.56 Å². The molecule has 1 saturated heterocycles. The van der Waals surface area contributed by atoms with Gasteiger partial charge in [-0.05, 0) is 37.4 Å². The molecule has 1 heterocycles. The standard InChI is InChI=1S/C19H31N3O2/c1-3-21(4-2)18(17-10-6-5-7-11-17)13-20-19(24)22-12-8-9-16(14-22)15-23/h5-7,10-11,16,18,23H,3-4,8-9,12-15H2,1-2H3,(H,20,24). The first-order valence-electron chi connectivity index (χ1n) is 9.12. The van der Waals surface area contributed by atoms with Gasteiger partial charge < -0.3 is 15.3 Å². The minimum Gasteiger partial charge on any atom is -0.396 e. The number of rotatable bonds is 7. The number of urea groups is 1. The van der Waals surface area contributed by atoms with E-state index in [0.29, 0.717) is 13.1 Å². The van der Waals surface area contributed by atoms with Gasteiger partial charge in [0, 0.05) is 26.2 Å². The summed E-state index contributed by atoms with van der Waals surface area (Å²) in [6, 6.07) is 10.5. The van der Waals surface area contributed by atoms with Crippen LogP contribution in [-0.4, -0.2) is 60.3 Å². The van der Waals surface area contributed by atoms with Gasteiger partial charge in [-0.3, -0.25) is 4.90 Å². The van der Waals surface area contributed by atoms with Gasteiger partial charge in [0.1, 0.15) is 0 Å². The van der Waals surface area contributed by atoms with Crippen molar-refractivity contribution in [2.45, 2.75) is 32.7 Å². The average molecular weight is 333 g/mol. The molecule has 2 amide bonds. The Morgan fingerprint density at radius 1 is 1.33 bits per heavy atom. The predicted molar refractivity (Wildman–Crippen MR) is 96.9 cm³/mol. The van der Waals surface area contributed by atoms with Crippen molar-refractivity contribution in [1.82, 2.24) is 15.1 Å². The van der Waals surface area contributed by atoms with Gasteiger partial charge in [-0.25, -0.2) is 4.79 Å². The topological polar surface area (TPSA) is 55.8 Å². The summed E-state index contributed by atoms with van der Waals surface area (Å²) < 4.78 is 0. The van der Waals surface area contributed by atoms with Crippen LogP contribution in [0.1, 0.15) is 38.3 Å². The number of aliphatic hydroxyl groups excluding tert-OH is 1. The lowest BCUT2D eigenvalue weighted by Crippen LogP contribution is -2.48. The molecule has 1 aromatic carbocycles. The van der Waals surface area contributed by atoms with Gasteiger partial charge in [0.25, 0.3) is 0 Å². The van der Waals surface area contributed by atoms with Crippen LogP contribution in [0.15, 0.2) is 30.3 Å². The molecule has 5 nitrogen and oxygen atoms in total. The molecular weight excluding hydrogens is 302 g/mol. The van der Waals surface area contributed by atoms with Crippen LogP contribution in [0.25, 0.3) is 0 Å². The molecule has 2 N–H and O–H groups in total. The minimum absolute atomic E-state index is 0.0127. The van der Waals surface area contributed by atoms with Crippen LogP contribution < -0.4 is 5.32 Å². The highest BCUT2D eigenvalue weighted by Gasteiger charge is 2.24. The van der Waals surface area contributed by atoms with Gasteiger partial charge >= 0.3 is 6.03 Å². The highest BCUT2D eigenvalue weighted by atomic mass is 16.3. The molecule has 0 spiro atoms. The van der Waals surface area contributed by atoms with Crippen LogP contribution in [0.2, 0.25) is 0 Å². The number of nitrogens with one attached hydrogen (secondary N) is 1. The minimum atomic E-state index is -0.0127. The third-order valence-electron chi connectivity index (χ3n) is 4.95. The lowest BCUT2D eigenvalue weighted by Gasteiger charge is -2.34. The van der Waals surface area contributed by atoms with E-state index in [1.807, 2.05) is 23.1 Å². The van der Waals surface area contributed by atoms with Crippen LogP contribution in [0, 0.1) is 5.92 Å². The molecule has 134 valence electrons. The molecule has 2 atom stereocenters. The molecule has 1 fully saturated rings. The quantitative estimate of drug-likeness (QED) is 0.806. The van der Waals surface area contributed by atoms with E-state index in [1.54, 1.807) is 0 Å². The lowest BCUT2D eigenvalue weighted by molar-refractivity contribution is 0.127. The van der Waals surface area contributed by atoms with Crippen LogP contribution in [-0.2, 0) is 0 Å². The van der Waals surface area contributed by atoms with Crippen LogP contribution >= 0.6 is 0 Å². The molecule has 1 aromatic rings. The molecule has 1 aliphatic rings. The van der Waals surface area contributed by atoms with Crippen molar-refractivity contribution >= 4 is 6.03 Å². The number of benzene rings is 1. The summed E-state index contributed by atoms with van der Waals surface area (Å²) in [6.45, 7) is 8.40. The first-order valence-corrected chi connectivity index (χ1v) is 9.12. The summed E-state index contributed by atoms with van der Waals surface area (Å²) in [4.78, 5) is 16.7. The Hall–Kier alpha value is -1.59. The number of likely N-dealkylation sites (tertiary alicyclic amines) is 1. The fourth-order valence-electron chi connectivity index (χ4n) is 3.49.